The highest BCUT2D eigenvalue weighted by Gasteiger charge is 2.33. The number of carbonyl (C=O) groups excluding carboxylic acids is 1. The van der Waals surface area contributed by atoms with Gasteiger partial charge in [0, 0.05) is 30.9 Å². The molecule has 7 nitrogen and oxygen atoms in total. The molecule has 1 aromatic heterocycles. The lowest BCUT2D eigenvalue weighted by molar-refractivity contribution is -0.139. The van der Waals surface area contributed by atoms with E-state index < -0.39 is 12.0 Å². The standard InChI is InChI=1S/C14H22N4O3/c1-9(2)12-4-3-5-18(12)14(21)17-11(13(19)20)6-10-7-15-8-16-10/h7-9,11-12H,3-6H2,1-2H3,(H,15,16)(H,17,21)(H,19,20)/t11-,12?/m0/s1. The Morgan fingerprint density at radius 2 is 2.33 bits per heavy atom. The Labute approximate surface area is 123 Å². The minimum absolute atomic E-state index is 0.187. The molecule has 2 atom stereocenters. The third-order valence-corrected chi connectivity index (χ3v) is 3.90. The van der Waals surface area contributed by atoms with Crippen LogP contribution in [0, 0.1) is 5.92 Å². The van der Waals surface area contributed by atoms with Gasteiger partial charge in [0.15, 0.2) is 0 Å². The minimum Gasteiger partial charge on any atom is -0.480 e. The molecule has 0 aliphatic carbocycles. The van der Waals surface area contributed by atoms with Crippen LogP contribution < -0.4 is 5.32 Å². The van der Waals surface area contributed by atoms with Crippen molar-refractivity contribution in [2.45, 2.75) is 45.2 Å². The Morgan fingerprint density at radius 1 is 1.57 bits per heavy atom. The molecule has 0 aromatic carbocycles. The molecule has 0 spiro atoms. The smallest absolute Gasteiger partial charge is 0.326 e. The van der Waals surface area contributed by atoms with Gasteiger partial charge in [-0.05, 0) is 18.8 Å². The first kappa shape index (κ1) is 15.3. The van der Waals surface area contributed by atoms with Gasteiger partial charge in [-0.25, -0.2) is 14.6 Å². The topological polar surface area (TPSA) is 98.3 Å². The number of imidazole rings is 1. The van der Waals surface area contributed by atoms with Gasteiger partial charge in [-0.3, -0.25) is 0 Å². The molecule has 0 radical (unpaired) electrons. The highest BCUT2D eigenvalue weighted by Crippen LogP contribution is 2.23. The third kappa shape index (κ3) is 3.74. The summed E-state index contributed by atoms with van der Waals surface area (Å²) in [6.07, 6.45) is 5.19. The predicted octanol–water partition coefficient (Wildman–Crippen LogP) is 1.24. The number of hydrogen-bond donors (Lipinski definition) is 3. The molecule has 2 rings (SSSR count). The summed E-state index contributed by atoms with van der Waals surface area (Å²) in [5.74, 6) is -0.674. The fourth-order valence-corrected chi connectivity index (χ4v) is 2.79. The van der Waals surface area contributed by atoms with Crippen LogP contribution in [0.5, 0.6) is 0 Å². The largest absolute Gasteiger partial charge is 0.480 e. The van der Waals surface area contributed by atoms with Crippen LogP contribution in [0.2, 0.25) is 0 Å². The van der Waals surface area contributed by atoms with Crippen molar-refractivity contribution < 1.29 is 14.7 Å². The van der Waals surface area contributed by atoms with E-state index in [1.807, 2.05) is 0 Å². The molecular weight excluding hydrogens is 272 g/mol. The van der Waals surface area contributed by atoms with E-state index in [1.54, 1.807) is 11.1 Å². The van der Waals surface area contributed by atoms with Crippen molar-refractivity contribution in [2.24, 2.45) is 5.92 Å². The molecule has 2 amide bonds. The van der Waals surface area contributed by atoms with Crippen molar-refractivity contribution in [3.05, 3.63) is 18.2 Å². The van der Waals surface area contributed by atoms with Crippen LogP contribution in [-0.4, -0.2) is 50.6 Å². The summed E-state index contributed by atoms with van der Waals surface area (Å²) in [6, 6.07) is -1.06. The Kier molecular flexibility index (Phi) is 4.82. The van der Waals surface area contributed by atoms with Crippen LogP contribution in [-0.2, 0) is 11.2 Å². The summed E-state index contributed by atoms with van der Waals surface area (Å²) >= 11 is 0. The molecule has 2 heterocycles. The van der Waals surface area contributed by atoms with Crippen molar-refractivity contribution in [3.63, 3.8) is 0 Å². The fourth-order valence-electron chi connectivity index (χ4n) is 2.79. The Balaban J connectivity index is 1.99. The van der Waals surface area contributed by atoms with E-state index in [2.05, 4.69) is 29.1 Å². The lowest BCUT2D eigenvalue weighted by Gasteiger charge is -2.29. The highest BCUT2D eigenvalue weighted by atomic mass is 16.4. The number of aromatic nitrogens is 2. The second-order valence-corrected chi connectivity index (χ2v) is 5.77. The molecule has 3 N–H and O–H groups in total. The summed E-state index contributed by atoms with van der Waals surface area (Å²) in [7, 11) is 0. The zero-order chi connectivity index (χ0) is 15.4. The maximum Gasteiger partial charge on any atom is 0.326 e. The summed E-state index contributed by atoms with van der Waals surface area (Å²) in [6.45, 7) is 4.84. The summed E-state index contributed by atoms with van der Waals surface area (Å²) in [5.41, 5.74) is 0.685. The number of rotatable bonds is 5. The SMILES string of the molecule is CC(C)C1CCCN1C(=O)N[C@@H](Cc1cnc[nH]1)C(=O)O. The van der Waals surface area contributed by atoms with Gasteiger partial charge in [0.25, 0.3) is 0 Å². The van der Waals surface area contributed by atoms with Crippen LogP contribution in [0.1, 0.15) is 32.4 Å². The van der Waals surface area contributed by atoms with Gasteiger partial charge in [-0.15, -0.1) is 0 Å². The third-order valence-electron chi connectivity index (χ3n) is 3.90. The Morgan fingerprint density at radius 3 is 2.90 bits per heavy atom. The van der Waals surface area contributed by atoms with Gasteiger partial charge in [-0.2, -0.15) is 0 Å². The van der Waals surface area contributed by atoms with Crippen LogP contribution in [0.15, 0.2) is 12.5 Å². The van der Waals surface area contributed by atoms with Crippen molar-refractivity contribution in [1.82, 2.24) is 20.2 Å². The number of nitrogens with one attached hydrogen (secondary N) is 2. The number of aromatic amines is 1. The van der Waals surface area contributed by atoms with Crippen LogP contribution in [0.25, 0.3) is 0 Å². The van der Waals surface area contributed by atoms with Gasteiger partial charge < -0.3 is 20.3 Å². The first-order valence-corrected chi connectivity index (χ1v) is 7.26. The molecule has 1 aromatic rings. The number of carboxylic acid groups (broad SMARTS) is 1. The average Bonchev–Trinajstić information content (AvgIpc) is 3.08. The highest BCUT2D eigenvalue weighted by molar-refractivity contribution is 5.83. The molecule has 1 saturated heterocycles. The number of carbonyl (C=O) groups is 2. The maximum absolute atomic E-state index is 12.3. The lowest BCUT2D eigenvalue weighted by atomic mass is 10.0. The normalized spacial score (nSPS) is 19.8. The lowest BCUT2D eigenvalue weighted by Crippen LogP contribution is -2.51. The van der Waals surface area contributed by atoms with E-state index in [0.717, 1.165) is 12.8 Å². The maximum atomic E-state index is 12.3. The van der Waals surface area contributed by atoms with Gasteiger partial charge in [0.1, 0.15) is 6.04 Å². The summed E-state index contributed by atoms with van der Waals surface area (Å²) in [5, 5.41) is 11.9. The Bertz CT molecular complexity index is 486. The minimum atomic E-state index is -1.04. The molecule has 7 heteroatoms. The number of H-pyrrole nitrogens is 1. The van der Waals surface area contributed by atoms with Crippen LogP contribution in [0.4, 0.5) is 4.79 Å². The number of hydrogen-bond acceptors (Lipinski definition) is 3. The molecular formula is C14H22N4O3. The number of amides is 2. The van der Waals surface area contributed by atoms with Gasteiger partial charge in [0.05, 0.1) is 6.33 Å². The van der Waals surface area contributed by atoms with Crippen molar-refractivity contribution in [3.8, 4) is 0 Å². The van der Waals surface area contributed by atoms with E-state index in [1.165, 1.54) is 6.33 Å². The number of aliphatic carboxylic acids is 1. The van der Waals surface area contributed by atoms with E-state index in [4.69, 9.17) is 0 Å². The van der Waals surface area contributed by atoms with Crippen molar-refractivity contribution in [1.29, 1.82) is 0 Å². The van der Waals surface area contributed by atoms with Crippen LogP contribution in [0.3, 0.4) is 0 Å². The van der Waals surface area contributed by atoms with E-state index in [-0.39, 0.29) is 18.5 Å². The average molecular weight is 294 g/mol. The zero-order valence-corrected chi connectivity index (χ0v) is 12.4. The van der Waals surface area contributed by atoms with Crippen LogP contribution >= 0.6 is 0 Å². The number of carboxylic acids is 1. The fraction of sp³-hybridized carbons (Fsp3) is 0.643. The van der Waals surface area contributed by atoms with Crippen molar-refractivity contribution >= 4 is 12.0 Å². The number of urea groups is 1. The molecule has 0 saturated carbocycles. The number of nitrogens with zero attached hydrogens (tertiary/aromatic N) is 2. The quantitative estimate of drug-likeness (QED) is 0.760. The molecule has 0 bridgehead atoms. The molecule has 1 unspecified atom stereocenters. The molecule has 116 valence electrons. The predicted molar refractivity (Wildman–Crippen MR) is 76.8 cm³/mol. The second kappa shape index (κ2) is 6.60. The van der Waals surface area contributed by atoms with Crippen molar-refractivity contribution in [2.75, 3.05) is 6.54 Å². The first-order valence-electron chi connectivity index (χ1n) is 7.26. The second-order valence-electron chi connectivity index (χ2n) is 5.77. The molecule has 1 fully saturated rings. The first-order chi connectivity index (χ1) is 9.99. The van der Waals surface area contributed by atoms with Gasteiger partial charge >= 0.3 is 12.0 Å². The molecule has 21 heavy (non-hydrogen) atoms. The number of likely N-dealkylation sites (tertiary alicyclic amines) is 1. The van der Waals surface area contributed by atoms with E-state index in [9.17, 15) is 14.7 Å². The van der Waals surface area contributed by atoms with E-state index >= 15 is 0 Å². The summed E-state index contributed by atoms with van der Waals surface area (Å²) < 4.78 is 0. The van der Waals surface area contributed by atoms with Gasteiger partial charge in [0.2, 0.25) is 0 Å². The van der Waals surface area contributed by atoms with Gasteiger partial charge in [-0.1, -0.05) is 13.8 Å². The summed E-state index contributed by atoms with van der Waals surface area (Å²) in [4.78, 5) is 32.1. The Hall–Kier alpha value is -2.05. The molecule has 1 aliphatic rings. The zero-order valence-electron chi connectivity index (χ0n) is 12.4. The monoisotopic (exact) mass is 294 g/mol. The van der Waals surface area contributed by atoms with E-state index in [0.29, 0.717) is 18.2 Å². The molecule has 1 aliphatic heterocycles.